The Balaban J connectivity index is 1.72. The molecule has 0 spiro atoms. The van der Waals surface area contributed by atoms with Crippen molar-refractivity contribution in [1.82, 2.24) is 0 Å². The van der Waals surface area contributed by atoms with Gasteiger partial charge in [0, 0.05) is 21.3 Å². The van der Waals surface area contributed by atoms with Crippen LogP contribution in [0.3, 0.4) is 0 Å². The van der Waals surface area contributed by atoms with Gasteiger partial charge in [0.2, 0.25) is 5.91 Å². The third kappa shape index (κ3) is 6.40. The van der Waals surface area contributed by atoms with Gasteiger partial charge < -0.3 is 15.7 Å². The lowest BCUT2D eigenvalue weighted by atomic mass is 10.1. The fourth-order valence-electron chi connectivity index (χ4n) is 3.08. The van der Waals surface area contributed by atoms with Gasteiger partial charge in [-0.3, -0.25) is 9.59 Å². The van der Waals surface area contributed by atoms with E-state index in [-0.39, 0.29) is 21.0 Å². The van der Waals surface area contributed by atoms with Gasteiger partial charge in [0.25, 0.3) is 5.91 Å². The first-order valence-corrected chi connectivity index (χ1v) is 12.9. The summed E-state index contributed by atoms with van der Waals surface area (Å²) in [6.07, 6.45) is 0. The number of carboxylic acids is 1. The lowest BCUT2D eigenvalue weighted by molar-refractivity contribution is -0.115. The molecular weight excluding hydrogens is 590 g/mol. The second-order valence-electron chi connectivity index (χ2n) is 7.50. The number of hydrogen-bond donors (Lipinski definition) is 3. The minimum absolute atomic E-state index is 0.199. The first-order chi connectivity index (χ1) is 16.9. The van der Waals surface area contributed by atoms with Crippen molar-refractivity contribution in [3.8, 4) is 0 Å². The normalized spacial score (nSPS) is 11.6. The topological polar surface area (TPSA) is 95.5 Å². The number of thioether (sulfide) groups is 1. The van der Waals surface area contributed by atoms with Crippen molar-refractivity contribution >= 4 is 98.9 Å². The van der Waals surface area contributed by atoms with Crippen molar-refractivity contribution in [2.24, 2.45) is 0 Å². The van der Waals surface area contributed by atoms with E-state index in [9.17, 15) is 19.5 Å². The molecule has 0 fully saturated rings. The van der Waals surface area contributed by atoms with Crippen molar-refractivity contribution in [3.05, 3.63) is 84.3 Å². The second-order valence-corrected chi connectivity index (χ2v) is 10.9. The highest BCUT2D eigenvalue weighted by molar-refractivity contribution is 8.00. The van der Waals surface area contributed by atoms with Crippen molar-refractivity contribution in [3.63, 3.8) is 0 Å². The number of benzene rings is 3. The van der Waals surface area contributed by atoms with Crippen molar-refractivity contribution in [1.29, 1.82) is 0 Å². The summed E-state index contributed by atoms with van der Waals surface area (Å²) in [5, 5.41) is 13.8. The van der Waals surface area contributed by atoms with Gasteiger partial charge >= 0.3 is 5.97 Å². The summed E-state index contributed by atoms with van der Waals surface area (Å²) in [5.74, 6) is -2.52. The van der Waals surface area contributed by atoms with E-state index in [1.165, 1.54) is 11.8 Å². The van der Waals surface area contributed by atoms with Crippen LogP contribution in [0.4, 0.5) is 11.4 Å². The Morgan fingerprint density at radius 2 is 1.42 bits per heavy atom. The molecule has 0 aliphatic carbocycles. The van der Waals surface area contributed by atoms with Gasteiger partial charge in [0.05, 0.1) is 36.5 Å². The molecule has 0 radical (unpaired) electrons. The van der Waals surface area contributed by atoms with Crippen LogP contribution in [0.15, 0.2) is 47.4 Å². The molecule has 0 heterocycles. The van der Waals surface area contributed by atoms with Gasteiger partial charge in [-0.05, 0) is 55.8 Å². The minimum Gasteiger partial charge on any atom is -0.478 e. The van der Waals surface area contributed by atoms with E-state index < -0.39 is 33.3 Å². The quantitative estimate of drug-likeness (QED) is 0.143. The van der Waals surface area contributed by atoms with Crippen LogP contribution in [0.2, 0.25) is 25.1 Å². The van der Waals surface area contributed by atoms with Crippen LogP contribution in [-0.2, 0) is 4.79 Å². The van der Waals surface area contributed by atoms with E-state index >= 15 is 0 Å². The van der Waals surface area contributed by atoms with Crippen LogP contribution in [0.25, 0.3) is 0 Å². The maximum absolute atomic E-state index is 12.9. The molecule has 0 saturated carbocycles. The zero-order valence-corrected chi connectivity index (χ0v) is 23.2. The highest BCUT2D eigenvalue weighted by atomic mass is 35.5. The number of carbonyl (C=O) groups excluding carboxylic acids is 2. The number of carboxylic acid groups (broad SMARTS) is 1. The second kappa shape index (κ2) is 11.9. The maximum atomic E-state index is 12.9. The third-order valence-electron chi connectivity index (χ3n) is 4.96. The highest BCUT2D eigenvalue weighted by Gasteiger charge is 2.29. The number of amides is 2. The molecule has 3 N–H and O–H groups in total. The molecule has 0 saturated heterocycles. The minimum atomic E-state index is -1.49. The van der Waals surface area contributed by atoms with E-state index in [1.807, 2.05) is 13.0 Å². The van der Waals surface area contributed by atoms with Crippen molar-refractivity contribution in [2.75, 3.05) is 10.6 Å². The molecule has 0 bridgehead atoms. The number of aromatic carboxylic acids is 1. The van der Waals surface area contributed by atoms with Gasteiger partial charge in [-0.2, -0.15) is 0 Å². The summed E-state index contributed by atoms with van der Waals surface area (Å²) >= 11 is 31.4. The molecule has 6 nitrogen and oxygen atoms in total. The molecule has 2 amide bonds. The van der Waals surface area contributed by atoms with Crippen LogP contribution in [0, 0.1) is 6.92 Å². The summed E-state index contributed by atoms with van der Waals surface area (Å²) < 4.78 is 0. The van der Waals surface area contributed by atoms with Crippen LogP contribution < -0.4 is 10.6 Å². The Morgan fingerprint density at radius 1 is 0.833 bits per heavy atom. The third-order valence-corrected chi connectivity index (χ3v) is 8.11. The van der Waals surface area contributed by atoms with Crippen LogP contribution >= 0.6 is 69.8 Å². The summed E-state index contributed by atoms with van der Waals surface area (Å²) in [5.41, 5.74) is 0.907. The summed E-state index contributed by atoms with van der Waals surface area (Å²) in [4.78, 5) is 38.0. The van der Waals surface area contributed by atoms with E-state index in [2.05, 4.69) is 10.6 Å². The molecule has 36 heavy (non-hydrogen) atoms. The zero-order valence-electron chi connectivity index (χ0n) is 18.6. The molecule has 0 aliphatic rings. The highest BCUT2D eigenvalue weighted by Crippen LogP contribution is 2.42. The summed E-state index contributed by atoms with van der Waals surface area (Å²) in [6.45, 7) is 3.63. The smallest absolute Gasteiger partial charge is 0.338 e. The van der Waals surface area contributed by atoms with E-state index in [4.69, 9.17) is 58.0 Å². The molecule has 0 aliphatic heterocycles. The molecular formula is C24H17Cl5N2O4S. The molecule has 1 atom stereocenters. The molecule has 12 heteroatoms. The lowest BCUT2D eigenvalue weighted by Crippen LogP contribution is -2.22. The number of rotatable bonds is 7. The Hall–Kier alpha value is -2.13. The Morgan fingerprint density at radius 3 is 2.00 bits per heavy atom. The largest absolute Gasteiger partial charge is 0.478 e. The van der Waals surface area contributed by atoms with Crippen LogP contribution in [-0.4, -0.2) is 28.1 Å². The summed E-state index contributed by atoms with van der Waals surface area (Å²) in [7, 11) is 0. The predicted molar refractivity (Wildman–Crippen MR) is 148 cm³/mol. The zero-order chi connectivity index (χ0) is 26.7. The fourth-order valence-corrected chi connectivity index (χ4v) is 5.14. The first-order valence-electron chi connectivity index (χ1n) is 10.1. The van der Waals surface area contributed by atoms with E-state index in [0.717, 1.165) is 10.5 Å². The number of anilines is 2. The number of carbonyl (C=O) groups is 3. The maximum Gasteiger partial charge on any atom is 0.338 e. The molecule has 3 rings (SSSR count). The predicted octanol–water partition coefficient (Wildman–Crippen LogP) is 8.33. The van der Waals surface area contributed by atoms with Crippen molar-refractivity contribution < 1.29 is 19.5 Å². The lowest BCUT2D eigenvalue weighted by Gasteiger charge is -2.15. The van der Waals surface area contributed by atoms with Gasteiger partial charge in [-0.25, -0.2) is 4.79 Å². The Kier molecular flexibility index (Phi) is 9.44. The summed E-state index contributed by atoms with van der Waals surface area (Å²) in [6, 6.07) is 11.9. The molecule has 3 aromatic rings. The van der Waals surface area contributed by atoms with Gasteiger partial charge in [-0.15, -0.1) is 11.8 Å². The Bertz CT molecular complexity index is 1370. The average molecular weight is 607 g/mol. The molecule has 1 unspecified atom stereocenters. The molecule has 0 aromatic heterocycles. The van der Waals surface area contributed by atoms with E-state index in [1.54, 1.807) is 43.3 Å². The van der Waals surface area contributed by atoms with Crippen molar-refractivity contribution in [2.45, 2.75) is 24.0 Å². The van der Waals surface area contributed by atoms with Gasteiger partial charge in [0.15, 0.2) is 0 Å². The molecule has 188 valence electrons. The number of aryl methyl sites for hydroxylation is 1. The monoisotopic (exact) mass is 604 g/mol. The van der Waals surface area contributed by atoms with Gasteiger partial charge in [0.1, 0.15) is 0 Å². The van der Waals surface area contributed by atoms with Crippen LogP contribution in [0.5, 0.6) is 0 Å². The average Bonchev–Trinajstić information content (AvgIpc) is 2.82. The standard InChI is InChI=1S/C24H17Cl5N2O4S/c1-10-3-4-12(25)9-15(10)31-22(32)11(2)36-14-7-5-13(6-8-14)30-23(33)16-17(24(34)35)19(27)21(29)20(28)18(16)26/h3-9,11H,1-2H3,(H,30,33)(H,31,32)(H,34,35). The SMILES string of the molecule is Cc1ccc(Cl)cc1NC(=O)C(C)Sc1ccc(NC(=O)c2c(Cl)c(Cl)c(Cl)c(Cl)c2C(=O)O)cc1. The van der Waals surface area contributed by atoms with Crippen LogP contribution in [0.1, 0.15) is 33.2 Å². The molecule has 3 aromatic carbocycles. The van der Waals surface area contributed by atoms with E-state index in [0.29, 0.717) is 16.4 Å². The Labute approximate surface area is 236 Å². The fraction of sp³-hybridized carbons (Fsp3) is 0.125. The first kappa shape index (κ1) is 28.4. The number of hydrogen-bond acceptors (Lipinski definition) is 4. The van der Waals surface area contributed by atoms with Gasteiger partial charge in [-0.1, -0.05) is 64.1 Å². The number of halogens is 5. The number of nitrogens with one attached hydrogen (secondary N) is 2.